The SMILES string of the molecule is O=C1CN(C(=O)Cn2ccnc2)CCCCOc2cccc(c2)[C@H]2CN(C(=O)c3ccn4nccc4c3)C[C@@H]2N1. The lowest BCUT2D eigenvalue weighted by Gasteiger charge is -2.26. The summed E-state index contributed by atoms with van der Waals surface area (Å²) in [6, 6.07) is 13.0. The molecule has 40 heavy (non-hydrogen) atoms. The molecule has 1 N–H and O–H groups in total. The number of amides is 3. The summed E-state index contributed by atoms with van der Waals surface area (Å²) in [6.45, 7) is 1.82. The largest absolute Gasteiger partial charge is 0.494 e. The quantitative estimate of drug-likeness (QED) is 0.424. The van der Waals surface area contributed by atoms with Crippen molar-refractivity contribution in [1.82, 2.24) is 34.3 Å². The van der Waals surface area contributed by atoms with Gasteiger partial charge < -0.3 is 24.4 Å². The van der Waals surface area contributed by atoms with E-state index in [1.54, 1.807) is 56.1 Å². The molecule has 2 aliphatic rings. The molecule has 4 aromatic rings. The van der Waals surface area contributed by atoms with Gasteiger partial charge in [-0.25, -0.2) is 9.50 Å². The summed E-state index contributed by atoms with van der Waals surface area (Å²) in [7, 11) is 0. The molecule has 11 heteroatoms. The summed E-state index contributed by atoms with van der Waals surface area (Å²) in [6.07, 6.45) is 9.85. The van der Waals surface area contributed by atoms with Crippen molar-refractivity contribution in [2.24, 2.45) is 0 Å². The number of carbonyl (C=O) groups is 3. The molecule has 0 aliphatic carbocycles. The topological polar surface area (TPSA) is 114 Å². The summed E-state index contributed by atoms with van der Waals surface area (Å²) in [5.74, 6) is 0.125. The second-order valence-electron chi connectivity index (χ2n) is 10.3. The fraction of sp³-hybridized carbons (Fsp3) is 0.345. The highest BCUT2D eigenvalue weighted by Gasteiger charge is 2.38. The van der Waals surface area contributed by atoms with Crippen molar-refractivity contribution in [3.8, 4) is 5.75 Å². The maximum Gasteiger partial charge on any atom is 0.254 e. The van der Waals surface area contributed by atoms with Gasteiger partial charge in [0.05, 0.1) is 31.0 Å². The number of fused-ring (bicyclic) bond motifs is 5. The minimum absolute atomic E-state index is 0.0521. The zero-order valence-electron chi connectivity index (χ0n) is 22.1. The molecule has 1 aromatic carbocycles. The van der Waals surface area contributed by atoms with Crippen LogP contribution in [0.2, 0.25) is 0 Å². The monoisotopic (exact) mass is 541 g/mol. The standard InChI is InChI=1S/C29H31N7O4/c37-27-18-34(28(38)19-33-12-9-30-20-33)10-1-2-13-40-24-5-3-4-21(15-24)25-16-35(17-26(25)32-27)29(39)22-7-11-36-23(14-22)6-8-31-36/h3-9,11-12,14-15,20,25-26H,1-2,10,13,16-19H2,(H,32,37)/t25-,26+/m1/s1. The lowest BCUT2D eigenvalue weighted by atomic mass is 9.94. The third-order valence-corrected chi connectivity index (χ3v) is 7.54. The van der Waals surface area contributed by atoms with E-state index in [0.717, 1.165) is 23.3 Å². The number of pyridine rings is 1. The van der Waals surface area contributed by atoms with E-state index in [1.807, 2.05) is 36.4 Å². The summed E-state index contributed by atoms with van der Waals surface area (Å²) in [5.41, 5.74) is 2.40. The molecule has 0 spiro atoms. The van der Waals surface area contributed by atoms with Gasteiger partial charge >= 0.3 is 0 Å². The fourth-order valence-electron chi connectivity index (χ4n) is 5.47. The van der Waals surface area contributed by atoms with Crippen LogP contribution in [0.1, 0.15) is 34.7 Å². The van der Waals surface area contributed by atoms with Gasteiger partial charge in [0.25, 0.3) is 5.91 Å². The third-order valence-electron chi connectivity index (χ3n) is 7.54. The maximum absolute atomic E-state index is 13.6. The average Bonchev–Trinajstić information content (AvgIpc) is 3.72. The van der Waals surface area contributed by atoms with Crippen molar-refractivity contribution in [2.75, 3.05) is 32.8 Å². The summed E-state index contributed by atoms with van der Waals surface area (Å²) in [5, 5.41) is 7.35. The highest BCUT2D eigenvalue weighted by Crippen LogP contribution is 2.31. The number of hydrogen-bond acceptors (Lipinski definition) is 6. The molecule has 0 radical (unpaired) electrons. The number of nitrogens with zero attached hydrogens (tertiary/aromatic N) is 6. The Labute approximate surface area is 231 Å². The summed E-state index contributed by atoms with van der Waals surface area (Å²) < 4.78 is 9.43. The van der Waals surface area contributed by atoms with E-state index >= 15 is 0 Å². The molecule has 0 saturated carbocycles. The molecule has 11 nitrogen and oxygen atoms in total. The molecule has 3 aromatic heterocycles. The van der Waals surface area contributed by atoms with Gasteiger partial charge in [0.15, 0.2) is 0 Å². The molecule has 206 valence electrons. The lowest BCUT2D eigenvalue weighted by Crippen LogP contribution is -2.47. The normalized spacial score (nSPS) is 19.9. The van der Waals surface area contributed by atoms with Gasteiger partial charge in [0.2, 0.25) is 11.8 Å². The van der Waals surface area contributed by atoms with Gasteiger partial charge in [-0.05, 0) is 48.7 Å². The number of hydrogen-bond donors (Lipinski definition) is 1. The van der Waals surface area contributed by atoms with Crippen molar-refractivity contribution in [2.45, 2.75) is 31.3 Å². The first-order valence-electron chi connectivity index (χ1n) is 13.5. The maximum atomic E-state index is 13.6. The summed E-state index contributed by atoms with van der Waals surface area (Å²) >= 11 is 0. The van der Waals surface area contributed by atoms with Crippen LogP contribution < -0.4 is 10.1 Å². The summed E-state index contributed by atoms with van der Waals surface area (Å²) in [4.78, 5) is 47.4. The van der Waals surface area contributed by atoms with Crippen LogP contribution in [0.15, 0.2) is 73.6 Å². The fourth-order valence-corrected chi connectivity index (χ4v) is 5.47. The average molecular weight is 542 g/mol. The number of carbonyl (C=O) groups excluding carboxylic acids is 3. The zero-order chi connectivity index (χ0) is 27.5. The smallest absolute Gasteiger partial charge is 0.254 e. The minimum atomic E-state index is -0.320. The Balaban J connectivity index is 1.24. The van der Waals surface area contributed by atoms with Crippen LogP contribution in [0.5, 0.6) is 5.75 Å². The molecule has 5 heterocycles. The van der Waals surface area contributed by atoms with Crippen LogP contribution in [0.4, 0.5) is 0 Å². The number of aromatic nitrogens is 4. The van der Waals surface area contributed by atoms with Gasteiger partial charge in [0.1, 0.15) is 12.3 Å². The van der Waals surface area contributed by atoms with Gasteiger partial charge in [-0.3, -0.25) is 14.4 Å². The van der Waals surface area contributed by atoms with E-state index in [1.165, 1.54) is 0 Å². The van der Waals surface area contributed by atoms with Gasteiger partial charge in [-0.1, -0.05) is 12.1 Å². The number of likely N-dealkylation sites (tertiary alicyclic amines) is 1. The molecular weight excluding hydrogens is 510 g/mol. The third kappa shape index (κ3) is 5.54. The van der Waals surface area contributed by atoms with Gasteiger partial charge in [0, 0.05) is 55.9 Å². The molecule has 6 rings (SSSR count). The van der Waals surface area contributed by atoms with Crippen molar-refractivity contribution in [1.29, 1.82) is 0 Å². The highest BCUT2D eigenvalue weighted by molar-refractivity contribution is 5.95. The second-order valence-corrected chi connectivity index (χ2v) is 10.3. The zero-order valence-corrected chi connectivity index (χ0v) is 22.1. The van der Waals surface area contributed by atoms with Crippen LogP contribution in [0.25, 0.3) is 5.52 Å². The molecule has 3 amide bonds. The second kappa shape index (κ2) is 11.2. The minimum Gasteiger partial charge on any atom is -0.494 e. The molecule has 1 saturated heterocycles. The van der Waals surface area contributed by atoms with Crippen LogP contribution in [-0.4, -0.2) is 85.5 Å². The Morgan fingerprint density at radius 2 is 1.95 bits per heavy atom. The Kier molecular flexibility index (Phi) is 7.17. The number of benzene rings is 1. The van der Waals surface area contributed by atoms with Crippen LogP contribution >= 0.6 is 0 Å². The molecular formula is C29H31N7O4. The van der Waals surface area contributed by atoms with Gasteiger partial charge in [-0.15, -0.1) is 0 Å². The van der Waals surface area contributed by atoms with E-state index < -0.39 is 0 Å². The molecule has 2 atom stereocenters. The van der Waals surface area contributed by atoms with E-state index in [2.05, 4.69) is 15.4 Å². The Bertz CT molecular complexity index is 1520. The van der Waals surface area contributed by atoms with Crippen LogP contribution in [0, 0.1) is 0 Å². The number of rotatable bonds is 3. The predicted octanol–water partition coefficient (Wildman–Crippen LogP) is 1.96. The Morgan fingerprint density at radius 1 is 1.02 bits per heavy atom. The number of nitrogens with one attached hydrogen (secondary N) is 1. The molecule has 0 unspecified atom stereocenters. The molecule has 1 fully saturated rings. The first-order valence-corrected chi connectivity index (χ1v) is 13.5. The molecule has 2 bridgehead atoms. The van der Waals surface area contributed by atoms with Crippen molar-refractivity contribution in [3.63, 3.8) is 0 Å². The first kappa shape index (κ1) is 25.6. The van der Waals surface area contributed by atoms with Crippen molar-refractivity contribution in [3.05, 3.63) is 84.7 Å². The van der Waals surface area contributed by atoms with Crippen LogP contribution in [-0.2, 0) is 16.1 Å². The predicted molar refractivity (Wildman–Crippen MR) is 146 cm³/mol. The molecule has 2 aliphatic heterocycles. The van der Waals surface area contributed by atoms with E-state index in [0.29, 0.717) is 38.2 Å². The number of ether oxygens (including phenoxy) is 1. The Morgan fingerprint density at radius 3 is 2.83 bits per heavy atom. The van der Waals surface area contributed by atoms with E-state index in [9.17, 15) is 14.4 Å². The Hall–Kier alpha value is -4.67. The van der Waals surface area contributed by atoms with Crippen molar-refractivity contribution < 1.29 is 19.1 Å². The number of imidazole rings is 1. The van der Waals surface area contributed by atoms with E-state index in [-0.39, 0.29) is 42.8 Å². The van der Waals surface area contributed by atoms with Crippen molar-refractivity contribution >= 4 is 23.2 Å². The lowest BCUT2D eigenvalue weighted by molar-refractivity contribution is -0.136. The van der Waals surface area contributed by atoms with E-state index in [4.69, 9.17) is 4.74 Å². The highest BCUT2D eigenvalue weighted by atomic mass is 16.5. The van der Waals surface area contributed by atoms with Crippen LogP contribution in [0.3, 0.4) is 0 Å². The van der Waals surface area contributed by atoms with Gasteiger partial charge in [-0.2, -0.15) is 5.10 Å². The first-order chi connectivity index (χ1) is 19.5.